The van der Waals surface area contributed by atoms with Crippen LogP contribution in [0, 0.1) is 0 Å². The van der Waals surface area contributed by atoms with Crippen molar-refractivity contribution < 1.29 is 0 Å². The number of fused-ring (bicyclic) bond motifs is 3. The Morgan fingerprint density at radius 1 is 0.273 bits per heavy atom. The molecular formula is C51H33N3S. The van der Waals surface area contributed by atoms with Crippen LogP contribution in [0.15, 0.2) is 200 Å². The summed E-state index contributed by atoms with van der Waals surface area (Å²) in [5, 5.41) is 2.36. The fourth-order valence-electron chi connectivity index (χ4n) is 7.43. The first kappa shape index (κ1) is 32.6. The normalized spacial score (nSPS) is 11.3. The van der Waals surface area contributed by atoms with Crippen LogP contribution < -0.4 is 0 Å². The van der Waals surface area contributed by atoms with Crippen LogP contribution in [-0.4, -0.2) is 15.0 Å². The highest BCUT2D eigenvalue weighted by atomic mass is 32.1. The quantitative estimate of drug-likeness (QED) is 0.165. The van der Waals surface area contributed by atoms with E-state index < -0.39 is 0 Å². The van der Waals surface area contributed by atoms with E-state index in [-0.39, 0.29) is 0 Å². The second-order valence-corrected chi connectivity index (χ2v) is 14.7. The highest BCUT2D eigenvalue weighted by molar-refractivity contribution is 7.26. The zero-order valence-corrected chi connectivity index (χ0v) is 30.6. The van der Waals surface area contributed by atoms with Gasteiger partial charge in [-0.1, -0.05) is 176 Å². The molecule has 0 aliphatic rings. The lowest BCUT2D eigenvalue weighted by molar-refractivity contribution is 1.08. The van der Waals surface area contributed by atoms with Gasteiger partial charge in [0, 0.05) is 36.9 Å². The fraction of sp³-hybridized carbons (Fsp3) is 0. The zero-order chi connectivity index (χ0) is 36.6. The summed E-state index contributed by atoms with van der Waals surface area (Å²) in [6.07, 6.45) is 0. The van der Waals surface area contributed by atoms with Crippen LogP contribution in [-0.2, 0) is 0 Å². The van der Waals surface area contributed by atoms with Gasteiger partial charge in [0.2, 0.25) is 0 Å². The van der Waals surface area contributed by atoms with E-state index in [9.17, 15) is 0 Å². The van der Waals surface area contributed by atoms with Crippen molar-refractivity contribution in [2.75, 3.05) is 0 Å². The molecule has 0 unspecified atom stereocenters. The topological polar surface area (TPSA) is 38.7 Å². The van der Waals surface area contributed by atoms with Crippen molar-refractivity contribution in [1.29, 1.82) is 0 Å². The summed E-state index contributed by atoms with van der Waals surface area (Å²) in [5.41, 5.74) is 12.5. The number of benzene rings is 8. The van der Waals surface area contributed by atoms with Gasteiger partial charge in [0.05, 0.1) is 0 Å². The Kier molecular flexibility index (Phi) is 8.36. The van der Waals surface area contributed by atoms with Gasteiger partial charge in [0.15, 0.2) is 17.5 Å². The van der Waals surface area contributed by atoms with Crippen LogP contribution in [0.5, 0.6) is 0 Å². The molecule has 3 nitrogen and oxygen atoms in total. The molecule has 4 heteroatoms. The van der Waals surface area contributed by atoms with Crippen molar-refractivity contribution in [2.24, 2.45) is 0 Å². The van der Waals surface area contributed by atoms with Gasteiger partial charge in [0.1, 0.15) is 0 Å². The van der Waals surface area contributed by atoms with Crippen molar-refractivity contribution in [2.45, 2.75) is 0 Å². The van der Waals surface area contributed by atoms with E-state index in [1.54, 1.807) is 11.3 Å². The Bertz CT molecular complexity index is 2880. The highest BCUT2D eigenvalue weighted by Gasteiger charge is 2.18. The maximum atomic E-state index is 5.09. The molecule has 2 heterocycles. The molecule has 2 aromatic heterocycles. The van der Waals surface area contributed by atoms with Crippen molar-refractivity contribution in [3.63, 3.8) is 0 Å². The molecule has 8 aromatic carbocycles. The first-order valence-electron chi connectivity index (χ1n) is 18.4. The molecule has 10 aromatic rings. The van der Waals surface area contributed by atoms with Crippen molar-refractivity contribution in [3.8, 4) is 78.7 Å². The van der Waals surface area contributed by atoms with Crippen molar-refractivity contribution >= 4 is 31.5 Å². The summed E-state index contributed by atoms with van der Waals surface area (Å²) in [6.45, 7) is 0. The summed E-state index contributed by atoms with van der Waals surface area (Å²) >= 11 is 1.80. The lowest BCUT2D eigenvalue weighted by Crippen LogP contribution is -2.00. The summed E-state index contributed by atoms with van der Waals surface area (Å²) in [7, 11) is 0. The molecule has 10 rings (SSSR count). The Balaban J connectivity index is 1.05. The smallest absolute Gasteiger partial charge is 0.164 e. The molecule has 0 N–H and O–H groups in total. The predicted molar refractivity (Wildman–Crippen MR) is 231 cm³/mol. The molecular weight excluding hydrogens is 687 g/mol. The van der Waals surface area contributed by atoms with E-state index >= 15 is 0 Å². The van der Waals surface area contributed by atoms with Crippen LogP contribution in [0.25, 0.3) is 98.8 Å². The number of hydrogen-bond acceptors (Lipinski definition) is 4. The van der Waals surface area contributed by atoms with Crippen molar-refractivity contribution in [3.05, 3.63) is 200 Å². The fourth-order valence-corrected chi connectivity index (χ4v) is 8.54. The van der Waals surface area contributed by atoms with E-state index in [0.717, 1.165) is 22.1 Å². The second kappa shape index (κ2) is 14.1. The zero-order valence-electron chi connectivity index (χ0n) is 29.8. The molecule has 0 fully saturated rings. The third-order valence-electron chi connectivity index (χ3n) is 10.2. The van der Waals surface area contributed by atoms with Crippen LogP contribution in [0.2, 0.25) is 0 Å². The molecule has 0 bridgehead atoms. The van der Waals surface area contributed by atoms with Gasteiger partial charge < -0.3 is 0 Å². The van der Waals surface area contributed by atoms with E-state index in [4.69, 9.17) is 15.0 Å². The minimum atomic E-state index is 0.660. The van der Waals surface area contributed by atoms with Crippen LogP contribution in [0.1, 0.15) is 0 Å². The summed E-state index contributed by atoms with van der Waals surface area (Å²) in [6, 6.07) is 70.6. The van der Waals surface area contributed by atoms with E-state index in [0.29, 0.717) is 17.5 Å². The van der Waals surface area contributed by atoms with Gasteiger partial charge in [0.25, 0.3) is 0 Å². The molecule has 258 valence electrons. The molecule has 0 saturated heterocycles. The average molecular weight is 720 g/mol. The lowest BCUT2D eigenvalue weighted by Gasteiger charge is -2.13. The van der Waals surface area contributed by atoms with E-state index in [2.05, 4.69) is 140 Å². The standard InChI is InChI=1S/C51H33N3S/c1-5-14-36(15-6-1)42-30-28-40(32-44(42)37-16-7-2-8-17-37)34-24-26-35(27-25-34)41-29-31-46-45(33-41)48-43(22-13-23-47(48)55-46)51-53-49(38-18-9-3-10-19-38)52-50(54-51)39-20-11-4-12-21-39/h1-33H. The van der Waals surface area contributed by atoms with Gasteiger partial charge >= 0.3 is 0 Å². The minimum absolute atomic E-state index is 0.660. The monoisotopic (exact) mass is 719 g/mol. The second-order valence-electron chi connectivity index (χ2n) is 13.6. The molecule has 0 amide bonds. The number of thiophene rings is 1. The Hall–Kier alpha value is -7.01. The lowest BCUT2D eigenvalue weighted by atomic mass is 9.90. The Morgan fingerprint density at radius 3 is 1.33 bits per heavy atom. The third-order valence-corrected chi connectivity index (χ3v) is 11.3. The van der Waals surface area contributed by atoms with E-state index in [1.165, 1.54) is 59.3 Å². The molecule has 55 heavy (non-hydrogen) atoms. The number of hydrogen-bond donors (Lipinski definition) is 0. The van der Waals surface area contributed by atoms with Crippen LogP contribution in [0.3, 0.4) is 0 Å². The number of rotatable bonds is 7. The summed E-state index contributed by atoms with van der Waals surface area (Å²) < 4.78 is 2.44. The molecule has 0 spiro atoms. The number of aromatic nitrogens is 3. The van der Waals surface area contributed by atoms with Gasteiger partial charge in [-0.15, -0.1) is 11.3 Å². The van der Waals surface area contributed by atoms with Gasteiger partial charge in [-0.25, -0.2) is 15.0 Å². The van der Waals surface area contributed by atoms with Gasteiger partial charge in [-0.3, -0.25) is 0 Å². The summed E-state index contributed by atoms with van der Waals surface area (Å²) in [4.78, 5) is 15.1. The van der Waals surface area contributed by atoms with Crippen LogP contribution in [0.4, 0.5) is 0 Å². The maximum absolute atomic E-state index is 5.09. The number of nitrogens with zero attached hydrogens (tertiary/aromatic N) is 3. The average Bonchev–Trinajstić information content (AvgIpc) is 3.66. The first-order chi connectivity index (χ1) is 27.2. The Morgan fingerprint density at radius 2 is 0.745 bits per heavy atom. The maximum Gasteiger partial charge on any atom is 0.164 e. The first-order valence-corrected chi connectivity index (χ1v) is 19.3. The molecule has 0 aliphatic heterocycles. The third kappa shape index (κ3) is 6.29. The molecule has 0 atom stereocenters. The van der Waals surface area contributed by atoms with Gasteiger partial charge in [-0.2, -0.15) is 0 Å². The van der Waals surface area contributed by atoms with E-state index in [1.807, 2.05) is 60.7 Å². The SMILES string of the molecule is c1ccc(-c2nc(-c3ccccc3)nc(-c3cccc4sc5ccc(-c6ccc(-c7ccc(-c8ccccc8)c(-c8ccccc8)c7)cc6)cc5c34)n2)cc1. The van der Waals surface area contributed by atoms with Gasteiger partial charge in [-0.05, 0) is 68.8 Å². The molecule has 0 radical (unpaired) electrons. The predicted octanol–water partition coefficient (Wildman–Crippen LogP) is 13.9. The highest BCUT2D eigenvalue weighted by Crippen LogP contribution is 2.42. The molecule has 0 saturated carbocycles. The Labute approximate surface area is 323 Å². The molecule has 0 aliphatic carbocycles. The largest absolute Gasteiger partial charge is 0.208 e. The van der Waals surface area contributed by atoms with Crippen molar-refractivity contribution in [1.82, 2.24) is 15.0 Å². The van der Waals surface area contributed by atoms with Crippen LogP contribution >= 0.6 is 11.3 Å². The summed E-state index contributed by atoms with van der Waals surface area (Å²) in [5.74, 6) is 1.99. The minimum Gasteiger partial charge on any atom is -0.208 e.